The van der Waals surface area contributed by atoms with Crippen LogP contribution in [-0.4, -0.2) is 27.7 Å². The molecule has 1 atom stereocenters. The molecule has 0 bridgehead atoms. The number of benzene rings is 2. The first-order valence-electron chi connectivity index (χ1n) is 7.68. The van der Waals surface area contributed by atoms with Gasteiger partial charge in [-0.1, -0.05) is 34.7 Å². The molecule has 0 aliphatic heterocycles. The first-order chi connectivity index (χ1) is 11.8. The molecule has 0 amide bonds. The number of hydrogen-bond acceptors (Lipinski definition) is 4. The van der Waals surface area contributed by atoms with Gasteiger partial charge in [0.05, 0.1) is 13.3 Å². The monoisotopic (exact) mass is 377 g/mol. The van der Waals surface area contributed by atoms with Crippen molar-refractivity contribution in [2.75, 3.05) is 7.11 Å². The van der Waals surface area contributed by atoms with Gasteiger partial charge in [0.15, 0.2) is 5.05 Å². The Morgan fingerprint density at radius 1 is 1.20 bits per heavy atom. The van der Waals surface area contributed by atoms with Crippen LogP contribution in [0.5, 0.6) is 0 Å². The highest BCUT2D eigenvalue weighted by molar-refractivity contribution is 7.91. The number of thiocarbonyl (C=S) groups is 1. The molecule has 0 radical (unpaired) electrons. The first kappa shape index (κ1) is 19.6. The van der Waals surface area contributed by atoms with Gasteiger partial charge in [-0.2, -0.15) is 0 Å². The van der Waals surface area contributed by atoms with Gasteiger partial charge in [-0.15, -0.1) is 0 Å². The van der Waals surface area contributed by atoms with Crippen molar-refractivity contribution in [2.45, 2.75) is 25.5 Å². The lowest BCUT2D eigenvalue weighted by Gasteiger charge is -2.18. The maximum Gasteiger partial charge on any atom is 0.191 e. The minimum absolute atomic E-state index is 0.278. The Kier molecular flexibility index (Phi) is 6.32. The molecule has 1 unspecified atom stereocenters. The van der Waals surface area contributed by atoms with E-state index in [1.54, 1.807) is 30.3 Å². The fourth-order valence-electron chi connectivity index (χ4n) is 2.18. The zero-order chi connectivity index (χ0) is 18.6. The van der Waals surface area contributed by atoms with Gasteiger partial charge in [-0.05, 0) is 50.7 Å². The van der Waals surface area contributed by atoms with E-state index in [2.05, 4.69) is 4.40 Å². The van der Waals surface area contributed by atoms with E-state index in [4.69, 9.17) is 17.0 Å². The van der Waals surface area contributed by atoms with Crippen LogP contribution in [-0.2, 0) is 16.1 Å². The maximum atomic E-state index is 14.6. The summed E-state index contributed by atoms with van der Waals surface area (Å²) in [6.45, 7) is 5.50. The first-order valence-corrected chi connectivity index (χ1v) is 9.19. The molecule has 2 rings (SSSR count). The fraction of sp³-hybridized carbons (Fsp3) is 0.263. The molecule has 0 fully saturated rings. The molecule has 25 heavy (non-hydrogen) atoms. The van der Waals surface area contributed by atoms with Crippen LogP contribution in [0.4, 0.5) is 4.39 Å². The standard InChI is InChI=1S/C19H20FNO2S2/c1-19(2,3)25(22)21-12-13-8-7-11-16(20)17(13)14-9-5-6-10-15(14)18(24)23-4/h5-12H,1-4H3/b21-12+. The van der Waals surface area contributed by atoms with Crippen molar-refractivity contribution in [1.29, 1.82) is 0 Å². The topological polar surface area (TPSA) is 44.6 Å². The molecule has 0 aromatic heterocycles. The van der Waals surface area contributed by atoms with Crippen LogP contribution in [0.25, 0.3) is 11.1 Å². The van der Waals surface area contributed by atoms with Crippen LogP contribution >= 0.6 is 12.2 Å². The molecule has 0 aliphatic carbocycles. The zero-order valence-electron chi connectivity index (χ0n) is 14.6. The Morgan fingerprint density at radius 3 is 2.52 bits per heavy atom. The third-order valence-corrected chi connectivity index (χ3v) is 5.19. The summed E-state index contributed by atoms with van der Waals surface area (Å²) in [7, 11) is 1.48. The highest BCUT2D eigenvalue weighted by Crippen LogP contribution is 2.30. The molecule has 0 aliphatic rings. The summed E-state index contributed by atoms with van der Waals surface area (Å²) in [4.78, 5) is 0. The van der Waals surface area contributed by atoms with Crippen LogP contribution in [0.15, 0.2) is 46.9 Å². The third kappa shape index (κ3) is 4.66. The number of methoxy groups -OCH3 is 1. The van der Waals surface area contributed by atoms with Gasteiger partial charge in [-0.25, -0.2) is 4.39 Å². The summed E-state index contributed by atoms with van der Waals surface area (Å²) in [5.41, 5.74) is 2.11. The molecule has 0 saturated heterocycles. The number of ether oxygens (including phenoxy) is 1. The Balaban J connectivity index is 2.57. The van der Waals surface area contributed by atoms with E-state index in [9.17, 15) is 8.94 Å². The Labute approximate surface area is 156 Å². The second-order valence-electron chi connectivity index (χ2n) is 6.34. The fourth-order valence-corrected chi connectivity index (χ4v) is 2.89. The molecule has 0 N–H and O–H groups in total. The number of hydrogen-bond donors (Lipinski definition) is 0. The van der Waals surface area contributed by atoms with Gasteiger partial charge in [-0.3, -0.25) is 0 Å². The summed E-state index contributed by atoms with van der Waals surface area (Å²) in [5.74, 6) is -0.406. The van der Waals surface area contributed by atoms with Gasteiger partial charge >= 0.3 is 0 Å². The molecular weight excluding hydrogens is 357 g/mol. The van der Waals surface area contributed by atoms with Crippen molar-refractivity contribution in [1.82, 2.24) is 0 Å². The third-order valence-electron chi connectivity index (χ3n) is 3.46. The van der Waals surface area contributed by atoms with Crippen LogP contribution < -0.4 is 0 Å². The Hall–Kier alpha value is -1.76. The second-order valence-corrected chi connectivity index (χ2v) is 8.64. The summed E-state index contributed by atoms with van der Waals surface area (Å²) < 4.78 is 35.6. The van der Waals surface area contributed by atoms with E-state index in [1.165, 1.54) is 19.4 Å². The van der Waals surface area contributed by atoms with E-state index >= 15 is 0 Å². The highest BCUT2D eigenvalue weighted by atomic mass is 32.2. The second kappa shape index (κ2) is 8.08. The van der Waals surface area contributed by atoms with Gasteiger partial charge in [0.2, 0.25) is 0 Å². The lowest BCUT2D eigenvalue weighted by molar-refractivity contribution is 0.416. The predicted molar refractivity (Wildman–Crippen MR) is 106 cm³/mol. The molecular formula is C19H20FNO2S2. The van der Waals surface area contributed by atoms with Crippen molar-refractivity contribution >= 4 is 34.8 Å². The van der Waals surface area contributed by atoms with Crippen LogP contribution in [0.1, 0.15) is 31.9 Å². The molecule has 132 valence electrons. The molecule has 0 spiro atoms. The van der Waals surface area contributed by atoms with E-state index in [0.29, 0.717) is 22.3 Å². The summed E-state index contributed by atoms with van der Waals surface area (Å²) >= 11 is 3.80. The lowest BCUT2D eigenvalue weighted by Crippen LogP contribution is -2.25. The average Bonchev–Trinajstić information content (AvgIpc) is 2.58. The van der Waals surface area contributed by atoms with Crippen molar-refractivity contribution in [2.24, 2.45) is 4.40 Å². The molecule has 2 aromatic carbocycles. The quantitative estimate of drug-likeness (QED) is 0.441. The summed E-state index contributed by atoms with van der Waals surface area (Å²) in [6, 6.07) is 11.9. The van der Waals surface area contributed by atoms with Crippen molar-refractivity contribution in [3.8, 4) is 11.1 Å². The van der Waals surface area contributed by atoms with Crippen molar-refractivity contribution < 1.29 is 13.7 Å². The van der Waals surface area contributed by atoms with Crippen LogP contribution in [0.2, 0.25) is 0 Å². The van der Waals surface area contributed by atoms with E-state index in [-0.39, 0.29) is 5.05 Å². The van der Waals surface area contributed by atoms with Gasteiger partial charge in [0, 0.05) is 16.7 Å². The van der Waals surface area contributed by atoms with Gasteiger partial charge in [0.25, 0.3) is 0 Å². The molecule has 0 saturated carbocycles. The maximum absolute atomic E-state index is 14.6. The van der Waals surface area contributed by atoms with E-state index < -0.39 is 21.9 Å². The molecule has 3 nitrogen and oxygen atoms in total. The smallest absolute Gasteiger partial charge is 0.191 e. The number of nitrogens with zero attached hydrogens (tertiary/aromatic N) is 1. The van der Waals surface area contributed by atoms with E-state index in [0.717, 1.165) is 0 Å². The zero-order valence-corrected chi connectivity index (χ0v) is 16.2. The van der Waals surface area contributed by atoms with Crippen LogP contribution in [0.3, 0.4) is 0 Å². The predicted octanol–water partition coefficient (Wildman–Crippen LogP) is 4.70. The van der Waals surface area contributed by atoms with Crippen LogP contribution in [0, 0.1) is 5.82 Å². The van der Waals surface area contributed by atoms with Gasteiger partial charge in [0.1, 0.15) is 21.9 Å². The summed E-state index contributed by atoms with van der Waals surface area (Å²) in [5, 5.41) is 0.278. The largest absolute Gasteiger partial charge is 0.591 e. The van der Waals surface area contributed by atoms with E-state index in [1.807, 2.05) is 26.8 Å². The Morgan fingerprint density at radius 2 is 1.88 bits per heavy atom. The average molecular weight is 378 g/mol. The van der Waals surface area contributed by atoms with Crippen molar-refractivity contribution in [3.05, 3.63) is 59.4 Å². The Bertz CT molecular complexity index is 800. The molecule has 0 heterocycles. The normalized spacial score (nSPS) is 13.0. The van der Waals surface area contributed by atoms with Gasteiger partial charge < -0.3 is 9.29 Å². The lowest BCUT2D eigenvalue weighted by atomic mass is 9.95. The molecule has 2 aromatic rings. The number of rotatable bonds is 4. The SMILES string of the molecule is COC(=S)c1ccccc1-c1c(F)cccc1/C=N/[S+]([O-])C(C)(C)C. The highest BCUT2D eigenvalue weighted by Gasteiger charge is 2.26. The minimum Gasteiger partial charge on any atom is -0.591 e. The van der Waals surface area contributed by atoms with Crippen molar-refractivity contribution in [3.63, 3.8) is 0 Å². The minimum atomic E-state index is -1.43. The number of halogens is 1. The summed E-state index contributed by atoms with van der Waals surface area (Å²) in [6.07, 6.45) is 1.45. The molecule has 6 heteroatoms.